The first-order chi connectivity index (χ1) is 17.8. The van der Waals surface area contributed by atoms with E-state index in [0.717, 1.165) is 55.4 Å². The number of phenolic OH excluding ortho intramolecular Hbond substituents is 1. The smallest absolute Gasteiger partial charge is 0.149 e. The third-order valence-electron chi connectivity index (χ3n) is 6.78. The predicted molar refractivity (Wildman–Crippen MR) is 146 cm³/mol. The van der Waals surface area contributed by atoms with Gasteiger partial charge in [-0.1, -0.05) is 72.8 Å². The Labute approximate surface area is 207 Å². The molecule has 0 saturated heterocycles. The summed E-state index contributed by atoms with van der Waals surface area (Å²) in [5.41, 5.74) is 6.43. The standard InChI is InChI=1S/C32H21N3O/c36-31-26(17-16-21-9-8-20-33-30(21)31)25-18-19-27(24-13-5-4-12-23(24)25)32-34-28-14-6-7-15-29(28)35(32)22-10-2-1-3-11-22/h1-20,36H. The van der Waals surface area contributed by atoms with Gasteiger partial charge in [-0.3, -0.25) is 9.55 Å². The van der Waals surface area contributed by atoms with Gasteiger partial charge < -0.3 is 5.11 Å². The lowest BCUT2D eigenvalue weighted by atomic mass is 9.93. The summed E-state index contributed by atoms with van der Waals surface area (Å²) in [7, 11) is 0. The van der Waals surface area contributed by atoms with Crippen LogP contribution in [0.3, 0.4) is 0 Å². The minimum atomic E-state index is 0.197. The molecule has 0 amide bonds. The van der Waals surface area contributed by atoms with Crippen molar-refractivity contribution in [2.24, 2.45) is 0 Å². The quantitative estimate of drug-likeness (QED) is 0.291. The van der Waals surface area contributed by atoms with E-state index in [1.165, 1.54) is 0 Å². The van der Waals surface area contributed by atoms with Crippen LogP contribution in [0.5, 0.6) is 5.75 Å². The summed E-state index contributed by atoms with van der Waals surface area (Å²) in [6, 6.07) is 38.9. The fraction of sp³-hybridized carbons (Fsp3) is 0. The molecular formula is C32H21N3O. The van der Waals surface area contributed by atoms with Crippen LogP contribution in [-0.4, -0.2) is 19.6 Å². The van der Waals surface area contributed by atoms with E-state index in [-0.39, 0.29) is 5.75 Å². The van der Waals surface area contributed by atoms with Crippen LogP contribution in [0, 0.1) is 0 Å². The van der Waals surface area contributed by atoms with Crippen LogP contribution >= 0.6 is 0 Å². The highest BCUT2D eigenvalue weighted by Gasteiger charge is 2.19. The second kappa shape index (κ2) is 8.07. The van der Waals surface area contributed by atoms with Crippen LogP contribution in [0.15, 0.2) is 121 Å². The summed E-state index contributed by atoms with van der Waals surface area (Å²) in [5.74, 6) is 1.08. The Kier molecular flexibility index (Phi) is 4.57. The number of imidazole rings is 1. The van der Waals surface area contributed by atoms with Gasteiger partial charge in [-0.15, -0.1) is 0 Å². The minimum absolute atomic E-state index is 0.197. The van der Waals surface area contributed by atoms with Crippen molar-refractivity contribution in [3.63, 3.8) is 0 Å². The zero-order valence-corrected chi connectivity index (χ0v) is 19.3. The number of hydrogen-bond donors (Lipinski definition) is 1. The maximum absolute atomic E-state index is 11.2. The maximum Gasteiger partial charge on any atom is 0.149 e. The van der Waals surface area contributed by atoms with E-state index in [1.807, 2.05) is 66.7 Å². The Morgan fingerprint density at radius 3 is 2.14 bits per heavy atom. The van der Waals surface area contributed by atoms with Crippen LogP contribution < -0.4 is 0 Å². The molecule has 2 aromatic heterocycles. The fourth-order valence-corrected chi connectivity index (χ4v) is 5.12. The number of nitrogens with zero attached hydrogens (tertiary/aromatic N) is 3. The lowest BCUT2D eigenvalue weighted by Gasteiger charge is -2.15. The van der Waals surface area contributed by atoms with Crippen molar-refractivity contribution in [1.82, 2.24) is 14.5 Å². The highest BCUT2D eigenvalue weighted by molar-refractivity contribution is 6.07. The number of para-hydroxylation sites is 3. The largest absolute Gasteiger partial charge is 0.505 e. The molecule has 0 aliphatic rings. The SMILES string of the molecule is Oc1c(-c2ccc(-c3nc4ccccc4n3-c3ccccc3)c3ccccc23)ccc2cccnc12. The number of phenols is 1. The topological polar surface area (TPSA) is 50.9 Å². The normalized spacial score (nSPS) is 11.4. The van der Waals surface area contributed by atoms with E-state index in [2.05, 4.69) is 58.1 Å². The number of aromatic nitrogens is 3. The Balaban J connectivity index is 1.52. The minimum Gasteiger partial charge on any atom is -0.505 e. The zero-order valence-electron chi connectivity index (χ0n) is 19.3. The Hall–Kier alpha value is -4.96. The van der Waals surface area contributed by atoms with Gasteiger partial charge in [0.1, 0.15) is 17.1 Å². The molecule has 0 aliphatic carbocycles. The van der Waals surface area contributed by atoms with Crippen molar-refractivity contribution in [2.45, 2.75) is 0 Å². The van der Waals surface area contributed by atoms with E-state index < -0.39 is 0 Å². The third kappa shape index (κ3) is 3.08. The number of rotatable bonds is 3. The van der Waals surface area contributed by atoms with Gasteiger partial charge in [0.15, 0.2) is 0 Å². The lowest BCUT2D eigenvalue weighted by molar-refractivity contribution is 0.482. The zero-order chi connectivity index (χ0) is 24.1. The summed E-state index contributed by atoms with van der Waals surface area (Å²) in [5, 5.41) is 14.2. The van der Waals surface area contributed by atoms with Crippen molar-refractivity contribution < 1.29 is 5.11 Å². The molecule has 0 unspecified atom stereocenters. The van der Waals surface area contributed by atoms with Gasteiger partial charge in [0, 0.05) is 28.4 Å². The molecule has 4 heteroatoms. The number of pyridine rings is 1. The van der Waals surface area contributed by atoms with Gasteiger partial charge in [0.25, 0.3) is 0 Å². The van der Waals surface area contributed by atoms with Gasteiger partial charge in [0.2, 0.25) is 0 Å². The van der Waals surface area contributed by atoms with Crippen molar-refractivity contribution >= 4 is 32.7 Å². The van der Waals surface area contributed by atoms with E-state index in [9.17, 15) is 5.11 Å². The first-order valence-corrected chi connectivity index (χ1v) is 11.9. The second-order valence-corrected chi connectivity index (χ2v) is 8.84. The average Bonchev–Trinajstić information content (AvgIpc) is 3.33. The molecule has 1 N–H and O–H groups in total. The average molecular weight is 464 g/mol. The van der Waals surface area contributed by atoms with Crippen molar-refractivity contribution in [3.05, 3.63) is 121 Å². The van der Waals surface area contributed by atoms with Crippen LogP contribution in [0.1, 0.15) is 0 Å². The Bertz CT molecular complexity index is 1900. The van der Waals surface area contributed by atoms with Crippen LogP contribution in [0.2, 0.25) is 0 Å². The second-order valence-electron chi connectivity index (χ2n) is 8.84. The van der Waals surface area contributed by atoms with Gasteiger partial charge >= 0.3 is 0 Å². The molecule has 0 aliphatic heterocycles. The van der Waals surface area contributed by atoms with Crippen molar-refractivity contribution in [2.75, 3.05) is 0 Å². The van der Waals surface area contributed by atoms with Crippen molar-refractivity contribution in [1.29, 1.82) is 0 Å². The molecule has 7 aromatic rings. The fourth-order valence-electron chi connectivity index (χ4n) is 5.12. The van der Waals surface area contributed by atoms with Gasteiger partial charge in [-0.2, -0.15) is 0 Å². The molecule has 0 saturated carbocycles. The third-order valence-corrected chi connectivity index (χ3v) is 6.78. The highest BCUT2D eigenvalue weighted by atomic mass is 16.3. The molecule has 4 nitrogen and oxygen atoms in total. The number of aromatic hydroxyl groups is 1. The molecule has 5 aromatic carbocycles. The molecule has 7 rings (SSSR count). The molecule has 170 valence electrons. The van der Waals surface area contributed by atoms with Gasteiger partial charge in [-0.05, 0) is 58.8 Å². The van der Waals surface area contributed by atoms with E-state index in [0.29, 0.717) is 5.52 Å². The number of benzene rings is 5. The lowest BCUT2D eigenvalue weighted by Crippen LogP contribution is -1.98. The molecule has 0 radical (unpaired) electrons. The van der Waals surface area contributed by atoms with E-state index in [1.54, 1.807) is 6.20 Å². The van der Waals surface area contributed by atoms with Crippen LogP contribution in [0.25, 0.3) is 60.9 Å². The summed E-state index contributed by atoms with van der Waals surface area (Å²) in [6.07, 6.45) is 1.71. The predicted octanol–water partition coefficient (Wildman–Crippen LogP) is 7.77. The number of hydrogen-bond acceptors (Lipinski definition) is 3. The Morgan fingerprint density at radius 2 is 1.28 bits per heavy atom. The highest BCUT2D eigenvalue weighted by Crippen LogP contribution is 2.41. The molecule has 0 spiro atoms. The molecule has 0 atom stereocenters. The van der Waals surface area contributed by atoms with Crippen LogP contribution in [-0.2, 0) is 0 Å². The molecule has 0 fully saturated rings. The first-order valence-electron chi connectivity index (χ1n) is 11.9. The van der Waals surface area contributed by atoms with Gasteiger partial charge in [-0.25, -0.2) is 4.98 Å². The monoisotopic (exact) mass is 463 g/mol. The summed E-state index contributed by atoms with van der Waals surface area (Å²) in [6.45, 7) is 0. The molecule has 0 bridgehead atoms. The Morgan fingerprint density at radius 1 is 0.583 bits per heavy atom. The maximum atomic E-state index is 11.2. The molecule has 36 heavy (non-hydrogen) atoms. The summed E-state index contributed by atoms with van der Waals surface area (Å²) >= 11 is 0. The molecular weight excluding hydrogens is 442 g/mol. The summed E-state index contributed by atoms with van der Waals surface area (Å²) in [4.78, 5) is 9.49. The van der Waals surface area contributed by atoms with E-state index >= 15 is 0 Å². The van der Waals surface area contributed by atoms with E-state index in [4.69, 9.17) is 4.98 Å². The summed E-state index contributed by atoms with van der Waals surface area (Å²) < 4.78 is 2.22. The molecule has 2 heterocycles. The number of fused-ring (bicyclic) bond motifs is 3. The first kappa shape index (κ1) is 20.4. The van der Waals surface area contributed by atoms with Gasteiger partial charge in [0.05, 0.1) is 11.0 Å². The van der Waals surface area contributed by atoms with Crippen molar-refractivity contribution in [3.8, 4) is 34.0 Å². The van der Waals surface area contributed by atoms with Crippen LogP contribution in [0.4, 0.5) is 0 Å².